The van der Waals surface area contributed by atoms with Crippen molar-refractivity contribution in [3.05, 3.63) is 0 Å². The number of nitrogens with one attached hydrogen (secondary N) is 2. The molecular formula is C12H24N3O3S2+. The number of hydrogen-bond donors (Lipinski definition) is 2. The predicted octanol–water partition coefficient (Wildman–Crippen LogP) is -2.11. The maximum absolute atomic E-state index is 11.5. The van der Waals surface area contributed by atoms with Crippen LogP contribution in [0.25, 0.3) is 0 Å². The van der Waals surface area contributed by atoms with E-state index in [1.54, 1.807) is 7.11 Å². The highest BCUT2D eigenvalue weighted by molar-refractivity contribution is 7.91. The number of sulfone groups is 1. The monoisotopic (exact) mass is 322 g/mol. The summed E-state index contributed by atoms with van der Waals surface area (Å²) in [5, 5.41) is 3.96. The smallest absolute Gasteiger partial charge is 0.169 e. The summed E-state index contributed by atoms with van der Waals surface area (Å²) in [5.41, 5.74) is 0. The molecule has 2 aliphatic rings. The average molecular weight is 322 g/mol. The van der Waals surface area contributed by atoms with Crippen molar-refractivity contribution in [2.45, 2.75) is 12.5 Å². The number of nitrogens with zero attached hydrogens (tertiary/aromatic N) is 1. The molecule has 2 heterocycles. The van der Waals surface area contributed by atoms with Crippen LogP contribution in [0.3, 0.4) is 0 Å². The molecule has 2 rings (SSSR count). The van der Waals surface area contributed by atoms with Crippen LogP contribution in [0.4, 0.5) is 0 Å². The topological polar surface area (TPSA) is 63.1 Å². The van der Waals surface area contributed by atoms with E-state index in [2.05, 4.69) is 10.2 Å². The predicted molar refractivity (Wildman–Crippen MR) is 81.8 cm³/mol. The van der Waals surface area contributed by atoms with E-state index in [1.165, 1.54) is 4.90 Å². The van der Waals surface area contributed by atoms with Crippen LogP contribution in [0.5, 0.6) is 0 Å². The summed E-state index contributed by atoms with van der Waals surface area (Å²) in [6, 6.07) is 0.289. The molecule has 0 aromatic carbocycles. The van der Waals surface area contributed by atoms with Crippen molar-refractivity contribution >= 4 is 27.2 Å². The van der Waals surface area contributed by atoms with Gasteiger partial charge in [-0.25, -0.2) is 8.42 Å². The standard InChI is InChI=1S/C12H23N3O3S2/c1-18-8-3-13-12(19)15-6-4-14(5-7-15)11-2-9-20(16,17)10-11/h11H,2-10H2,1H3,(H,13,19)/p+1/t11-/m1/s1. The number of hydrogen-bond acceptors (Lipinski definition) is 4. The van der Waals surface area contributed by atoms with E-state index in [0.29, 0.717) is 18.1 Å². The number of quaternary nitrogens is 1. The van der Waals surface area contributed by atoms with Crippen molar-refractivity contribution in [3.63, 3.8) is 0 Å². The van der Waals surface area contributed by atoms with Gasteiger partial charge in [-0.05, 0) is 12.2 Å². The van der Waals surface area contributed by atoms with E-state index < -0.39 is 9.84 Å². The first kappa shape index (κ1) is 15.9. The molecule has 0 aromatic heterocycles. The minimum Gasteiger partial charge on any atom is -0.383 e. The van der Waals surface area contributed by atoms with Gasteiger partial charge in [-0.1, -0.05) is 0 Å². The third kappa shape index (κ3) is 4.28. The van der Waals surface area contributed by atoms with Crippen LogP contribution in [-0.4, -0.2) is 82.4 Å². The third-order valence-corrected chi connectivity index (χ3v) is 6.26. The van der Waals surface area contributed by atoms with Crippen LogP contribution >= 0.6 is 12.2 Å². The van der Waals surface area contributed by atoms with Gasteiger partial charge in [0.15, 0.2) is 14.9 Å². The lowest BCUT2D eigenvalue weighted by atomic mass is 10.2. The fourth-order valence-corrected chi connectivity index (χ4v) is 5.00. The molecule has 0 amide bonds. The average Bonchev–Trinajstić information content (AvgIpc) is 2.79. The summed E-state index contributed by atoms with van der Waals surface area (Å²) < 4.78 is 28.1. The Bertz CT molecular complexity index is 433. The van der Waals surface area contributed by atoms with Gasteiger partial charge in [-0.3, -0.25) is 0 Å². The lowest BCUT2D eigenvalue weighted by Gasteiger charge is -2.36. The first-order valence-electron chi connectivity index (χ1n) is 7.08. The van der Waals surface area contributed by atoms with E-state index in [4.69, 9.17) is 17.0 Å². The molecule has 2 aliphatic heterocycles. The zero-order valence-electron chi connectivity index (χ0n) is 11.9. The van der Waals surface area contributed by atoms with Gasteiger partial charge in [-0.15, -0.1) is 0 Å². The van der Waals surface area contributed by atoms with Crippen LogP contribution < -0.4 is 10.2 Å². The molecule has 2 fully saturated rings. The maximum atomic E-state index is 11.5. The molecule has 2 saturated heterocycles. The Labute approximate surface area is 126 Å². The third-order valence-electron chi connectivity index (χ3n) is 4.09. The molecule has 0 aromatic rings. The first-order valence-corrected chi connectivity index (χ1v) is 9.31. The normalized spacial score (nSPS) is 26.6. The van der Waals surface area contributed by atoms with Gasteiger partial charge in [0.1, 0.15) is 11.8 Å². The summed E-state index contributed by atoms with van der Waals surface area (Å²) in [6.45, 7) is 5.09. The van der Waals surface area contributed by atoms with Gasteiger partial charge in [0.05, 0.1) is 38.5 Å². The molecule has 0 bridgehead atoms. The van der Waals surface area contributed by atoms with Crippen LogP contribution in [-0.2, 0) is 14.6 Å². The van der Waals surface area contributed by atoms with Gasteiger partial charge in [-0.2, -0.15) is 0 Å². The second-order valence-corrected chi connectivity index (χ2v) is 8.09. The van der Waals surface area contributed by atoms with Gasteiger partial charge < -0.3 is 19.9 Å². The first-order chi connectivity index (χ1) is 9.52. The van der Waals surface area contributed by atoms with Gasteiger partial charge in [0.2, 0.25) is 0 Å². The zero-order chi connectivity index (χ0) is 14.6. The number of thiocarbonyl (C=S) groups is 1. The van der Waals surface area contributed by atoms with Crippen molar-refractivity contribution in [2.75, 3.05) is 57.9 Å². The highest BCUT2D eigenvalue weighted by Gasteiger charge is 2.36. The molecule has 6 nitrogen and oxygen atoms in total. The molecule has 8 heteroatoms. The number of ether oxygens (including phenoxy) is 1. The summed E-state index contributed by atoms with van der Waals surface area (Å²) in [5.74, 6) is 0.723. The Balaban J connectivity index is 1.74. The Morgan fingerprint density at radius 1 is 1.45 bits per heavy atom. The lowest BCUT2D eigenvalue weighted by molar-refractivity contribution is -0.925. The lowest BCUT2D eigenvalue weighted by Crippen LogP contribution is -3.18. The quantitative estimate of drug-likeness (QED) is 0.457. The Hall–Kier alpha value is -0.440. The van der Waals surface area contributed by atoms with Crippen molar-refractivity contribution in [2.24, 2.45) is 0 Å². The number of methoxy groups -OCH3 is 1. The SMILES string of the molecule is COCCNC(=S)N1CC[NH+]([C@@H]2CCS(=O)(=O)C2)CC1. The minimum absolute atomic E-state index is 0.289. The minimum atomic E-state index is -2.78. The fraction of sp³-hybridized carbons (Fsp3) is 0.917. The van der Waals surface area contributed by atoms with Crippen LogP contribution in [0.1, 0.15) is 6.42 Å². The number of rotatable bonds is 4. The van der Waals surface area contributed by atoms with E-state index >= 15 is 0 Å². The van der Waals surface area contributed by atoms with Gasteiger partial charge >= 0.3 is 0 Å². The highest BCUT2D eigenvalue weighted by atomic mass is 32.2. The maximum Gasteiger partial charge on any atom is 0.169 e. The summed E-state index contributed by atoms with van der Waals surface area (Å²) >= 11 is 5.35. The van der Waals surface area contributed by atoms with E-state index in [0.717, 1.165) is 44.3 Å². The molecule has 0 aliphatic carbocycles. The molecule has 116 valence electrons. The summed E-state index contributed by atoms with van der Waals surface area (Å²) in [6.07, 6.45) is 0.814. The van der Waals surface area contributed by atoms with Crippen LogP contribution in [0.2, 0.25) is 0 Å². The van der Waals surface area contributed by atoms with Crippen molar-refractivity contribution < 1.29 is 18.1 Å². The molecule has 0 spiro atoms. The largest absolute Gasteiger partial charge is 0.383 e. The van der Waals surface area contributed by atoms with Gasteiger partial charge in [0.25, 0.3) is 0 Å². The zero-order valence-corrected chi connectivity index (χ0v) is 13.6. The Morgan fingerprint density at radius 2 is 2.15 bits per heavy atom. The molecule has 0 unspecified atom stereocenters. The molecule has 20 heavy (non-hydrogen) atoms. The molecule has 2 N–H and O–H groups in total. The summed E-state index contributed by atoms with van der Waals surface area (Å²) in [7, 11) is -1.11. The van der Waals surface area contributed by atoms with Crippen molar-refractivity contribution in [1.82, 2.24) is 10.2 Å². The molecule has 1 atom stereocenters. The van der Waals surface area contributed by atoms with E-state index in [-0.39, 0.29) is 6.04 Å². The fourth-order valence-electron chi connectivity index (χ4n) is 2.89. The van der Waals surface area contributed by atoms with Crippen LogP contribution in [0.15, 0.2) is 0 Å². The molecule has 0 saturated carbocycles. The van der Waals surface area contributed by atoms with E-state index in [9.17, 15) is 8.42 Å². The van der Waals surface area contributed by atoms with Gasteiger partial charge in [0, 0.05) is 20.1 Å². The van der Waals surface area contributed by atoms with Crippen molar-refractivity contribution in [1.29, 1.82) is 0 Å². The second-order valence-electron chi connectivity index (χ2n) is 5.47. The van der Waals surface area contributed by atoms with Crippen LogP contribution in [0, 0.1) is 0 Å². The highest BCUT2D eigenvalue weighted by Crippen LogP contribution is 2.09. The second kappa shape index (κ2) is 7.02. The number of piperazine rings is 1. The molecule has 0 radical (unpaired) electrons. The van der Waals surface area contributed by atoms with Crippen molar-refractivity contribution in [3.8, 4) is 0 Å². The summed E-state index contributed by atoms with van der Waals surface area (Å²) in [4.78, 5) is 3.58. The Morgan fingerprint density at radius 3 is 2.70 bits per heavy atom. The van der Waals surface area contributed by atoms with E-state index in [1.807, 2.05) is 0 Å². The molecular weight excluding hydrogens is 298 g/mol. The Kier molecular flexibility index (Phi) is 5.59.